The van der Waals surface area contributed by atoms with Gasteiger partial charge in [0.25, 0.3) is 6.71 Å². The number of rotatable bonds is 3. The highest BCUT2D eigenvalue weighted by molar-refractivity contribution is 7.26. The number of benzene rings is 7. The maximum Gasteiger partial charge on any atom is 0.254 e. The van der Waals surface area contributed by atoms with Crippen LogP contribution in [0, 0.1) is 0 Å². The maximum absolute atomic E-state index is 5.28. The van der Waals surface area contributed by atoms with Gasteiger partial charge in [-0.15, -0.1) is 11.3 Å². The average molecular weight is 682 g/mol. The fourth-order valence-electron chi connectivity index (χ4n) is 8.82. The molecule has 5 heterocycles. The third-order valence-corrected chi connectivity index (χ3v) is 12.1. The molecule has 0 aliphatic carbocycles. The number of imidazole rings is 2. The molecule has 5 nitrogen and oxygen atoms in total. The van der Waals surface area contributed by atoms with Gasteiger partial charge in [-0.05, 0) is 94.6 Å². The number of para-hydroxylation sites is 7. The van der Waals surface area contributed by atoms with Gasteiger partial charge in [0.2, 0.25) is 5.78 Å². The van der Waals surface area contributed by atoms with Crippen LogP contribution in [0.4, 0.5) is 33.4 Å². The van der Waals surface area contributed by atoms with Gasteiger partial charge >= 0.3 is 0 Å². The lowest BCUT2D eigenvalue weighted by atomic mass is 9.33. The molecule has 52 heavy (non-hydrogen) atoms. The fourth-order valence-corrected chi connectivity index (χ4v) is 10.1. The van der Waals surface area contributed by atoms with Gasteiger partial charge < -0.3 is 9.80 Å². The summed E-state index contributed by atoms with van der Waals surface area (Å²) in [5.74, 6) is 0.901. The standard InChI is InChI=1S/C45H28BN5S/c1-3-15-29(16-4-1)48-35-22-10-8-20-33(35)46-42-32-19-7-14-26-41(32)52-44(42)49(30-17-5-2-6-18-30)40-28-31(27-39(48)43(40)46)50-37-24-12-13-25-38(37)51-36-23-11-9-21-34(36)47-45(50)51/h1-28H. The van der Waals surface area contributed by atoms with Crippen molar-refractivity contribution in [1.29, 1.82) is 0 Å². The molecule has 0 amide bonds. The van der Waals surface area contributed by atoms with E-state index < -0.39 is 0 Å². The molecule has 2 aliphatic rings. The Morgan fingerprint density at radius 3 is 1.90 bits per heavy atom. The Hall–Kier alpha value is -6.57. The first-order valence-corrected chi connectivity index (χ1v) is 18.5. The van der Waals surface area contributed by atoms with Gasteiger partial charge in [-0.3, -0.25) is 8.97 Å². The van der Waals surface area contributed by atoms with Gasteiger partial charge in [0.1, 0.15) is 0 Å². The van der Waals surface area contributed by atoms with Gasteiger partial charge in [0.05, 0.1) is 32.8 Å². The normalized spacial score (nSPS) is 13.3. The monoisotopic (exact) mass is 681 g/mol. The van der Waals surface area contributed by atoms with Crippen LogP contribution in [-0.4, -0.2) is 20.7 Å². The van der Waals surface area contributed by atoms with Gasteiger partial charge in [-0.2, -0.15) is 0 Å². The van der Waals surface area contributed by atoms with E-state index >= 15 is 0 Å². The summed E-state index contributed by atoms with van der Waals surface area (Å²) < 4.78 is 5.96. The molecule has 3 aromatic heterocycles. The Morgan fingerprint density at radius 2 is 1.10 bits per heavy atom. The van der Waals surface area contributed by atoms with Crippen molar-refractivity contribution in [2.75, 3.05) is 9.80 Å². The third-order valence-electron chi connectivity index (χ3n) is 10.9. The van der Waals surface area contributed by atoms with Crippen molar-refractivity contribution in [3.63, 3.8) is 0 Å². The zero-order valence-corrected chi connectivity index (χ0v) is 28.7. The Kier molecular flexibility index (Phi) is 5.68. The summed E-state index contributed by atoms with van der Waals surface area (Å²) in [6.07, 6.45) is 0. The second-order valence-electron chi connectivity index (χ2n) is 13.6. The van der Waals surface area contributed by atoms with E-state index in [1.54, 1.807) is 0 Å². The highest BCUT2D eigenvalue weighted by atomic mass is 32.1. The SMILES string of the molecule is c1ccc(N2c3ccccc3B3c4c2cc(-n2c5ccccc5n5c6ccccc6nc25)cc4N(c2ccccc2)c2sc4ccccc4c23)cc1. The minimum atomic E-state index is 0.0526. The van der Waals surface area contributed by atoms with E-state index in [0.717, 1.165) is 44.9 Å². The molecule has 7 aromatic carbocycles. The molecule has 10 aromatic rings. The molecule has 0 saturated heterocycles. The van der Waals surface area contributed by atoms with Gasteiger partial charge in [-0.25, -0.2) is 4.98 Å². The molecular weight excluding hydrogens is 653 g/mol. The third kappa shape index (κ3) is 3.70. The van der Waals surface area contributed by atoms with Crippen LogP contribution in [0.25, 0.3) is 43.6 Å². The first-order valence-electron chi connectivity index (χ1n) is 17.7. The van der Waals surface area contributed by atoms with Crippen LogP contribution in [0.5, 0.6) is 0 Å². The lowest BCUT2D eigenvalue weighted by molar-refractivity contribution is 1.10. The lowest BCUT2D eigenvalue weighted by Crippen LogP contribution is -2.61. The van der Waals surface area contributed by atoms with Crippen molar-refractivity contribution in [2.45, 2.75) is 0 Å². The number of fused-ring (bicyclic) bond motifs is 11. The summed E-state index contributed by atoms with van der Waals surface area (Å²) in [4.78, 5) is 10.3. The quantitative estimate of drug-likeness (QED) is 0.174. The summed E-state index contributed by atoms with van der Waals surface area (Å²) in [5, 5.41) is 2.59. The van der Waals surface area contributed by atoms with E-state index in [2.05, 4.69) is 189 Å². The van der Waals surface area contributed by atoms with E-state index in [4.69, 9.17) is 4.98 Å². The zero-order valence-electron chi connectivity index (χ0n) is 27.9. The Balaban J connectivity index is 1.26. The second-order valence-corrected chi connectivity index (χ2v) is 14.6. The van der Waals surface area contributed by atoms with Crippen LogP contribution >= 0.6 is 11.3 Å². The zero-order chi connectivity index (χ0) is 33.9. The van der Waals surface area contributed by atoms with Crippen molar-refractivity contribution in [1.82, 2.24) is 14.0 Å². The highest BCUT2D eigenvalue weighted by Gasteiger charge is 2.45. The Morgan fingerprint density at radius 1 is 0.481 bits per heavy atom. The predicted molar refractivity (Wildman–Crippen MR) is 219 cm³/mol. The Labute approximate surface area is 303 Å². The molecule has 0 atom stereocenters. The lowest BCUT2D eigenvalue weighted by Gasteiger charge is -2.43. The highest BCUT2D eigenvalue weighted by Crippen LogP contribution is 2.48. The number of aromatic nitrogens is 3. The van der Waals surface area contributed by atoms with Gasteiger partial charge in [-0.1, -0.05) is 97.1 Å². The second kappa shape index (κ2) is 10.5. The number of hydrogen-bond donors (Lipinski definition) is 0. The van der Waals surface area contributed by atoms with E-state index in [9.17, 15) is 0 Å². The molecule has 0 bridgehead atoms. The van der Waals surface area contributed by atoms with Crippen LogP contribution < -0.4 is 26.2 Å². The minimum absolute atomic E-state index is 0.0526. The van der Waals surface area contributed by atoms with Crippen LogP contribution in [0.2, 0.25) is 0 Å². The van der Waals surface area contributed by atoms with Crippen molar-refractivity contribution in [3.8, 4) is 5.69 Å². The van der Waals surface area contributed by atoms with E-state index in [1.165, 1.54) is 48.5 Å². The van der Waals surface area contributed by atoms with Crippen LogP contribution in [0.1, 0.15) is 0 Å². The Bertz CT molecular complexity index is 3050. The van der Waals surface area contributed by atoms with Crippen molar-refractivity contribution in [2.24, 2.45) is 0 Å². The summed E-state index contributed by atoms with van der Waals surface area (Å²) in [7, 11) is 0. The molecule has 12 rings (SSSR count). The molecule has 0 spiro atoms. The topological polar surface area (TPSA) is 28.7 Å². The molecule has 242 valence electrons. The summed E-state index contributed by atoms with van der Waals surface area (Å²) in [6.45, 7) is 0.0526. The summed E-state index contributed by atoms with van der Waals surface area (Å²) in [6, 6.07) is 61.6. The van der Waals surface area contributed by atoms with Crippen LogP contribution in [0.15, 0.2) is 170 Å². The van der Waals surface area contributed by atoms with Crippen molar-refractivity contribution in [3.05, 3.63) is 170 Å². The van der Waals surface area contributed by atoms with Gasteiger partial charge in [0.15, 0.2) is 0 Å². The average Bonchev–Trinajstić information content (AvgIpc) is 3.87. The summed E-state index contributed by atoms with van der Waals surface area (Å²) in [5.41, 5.74) is 15.3. The van der Waals surface area contributed by atoms with E-state index in [1.807, 2.05) is 11.3 Å². The molecule has 0 saturated carbocycles. The first kappa shape index (κ1) is 28.2. The van der Waals surface area contributed by atoms with Crippen molar-refractivity contribution < 1.29 is 0 Å². The first-order chi connectivity index (χ1) is 25.8. The van der Waals surface area contributed by atoms with Crippen molar-refractivity contribution >= 4 is 106 Å². The van der Waals surface area contributed by atoms with Gasteiger partial charge in [0, 0.05) is 33.1 Å². The largest absolute Gasteiger partial charge is 0.311 e. The number of thiophene rings is 1. The molecule has 2 aliphatic heterocycles. The smallest absolute Gasteiger partial charge is 0.254 e. The predicted octanol–water partition coefficient (Wildman–Crippen LogP) is 9.73. The molecule has 0 N–H and O–H groups in total. The fraction of sp³-hybridized carbons (Fsp3) is 0. The number of hydrogen-bond acceptors (Lipinski definition) is 4. The minimum Gasteiger partial charge on any atom is -0.311 e. The van der Waals surface area contributed by atoms with Crippen LogP contribution in [-0.2, 0) is 0 Å². The molecule has 0 fully saturated rings. The maximum atomic E-state index is 5.28. The number of nitrogens with zero attached hydrogens (tertiary/aromatic N) is 5. The van der Waals surface area contributed by atoms with E-state index in [0.29, 0.717) is 0 Å². The molecular formula is C45H28BN5S. The summed E-state index contributed by atoms with van der Waals surface area (Å²) >= 11 is 1.89. The molecule has 0 unspecified atom stereocenters. The molecule has 7 heteroatoms. The number of anilines is 6. The van der Waals surface area contributed by atoms with E-state index in [-0.39, 0.29) is 6.71 Å². The molecule has 0 radical (unpaired) electrons. The van der Waals surface area contributed by atoms with Crippen LogP contribution in [0.3, 0.4) is 0 Å².